The fourth-order valence-electron chi connectivity index (χ4n) is 3.39. The van der Waals surface area contributed by atoms with Gasteiger partial charge in [0.15, 0.2) is 0 Å². The Morgan fingerprint density at radius 2 is 2.00 bits per heavy atom. The molecular weight excluding hydrogens is 292 g/mol. The van der Waals surface area contributed by atoms with E-state index in [0.717, 1.165) is 24.9 Å². The molecule has 0 bridgehead atoms. The van der Waals surface area contributed by atoms with Crippen LogP contribution in [0.1, 0.15) is 31.2 Å². The first-order valence-electron chi connectivity index (χ1n) is 8.60. The third-order valence-corrected chi connectivity index (χ3v) is 4.70. The third kappa shape index (κ3) is 4.45. The zero-order valence-corrected chi connectivity index (χ0v) is 13.6. The molecule has 1 aromatic rings. The van der Waals surface area contributed by atoms with E-state index in [1.165, 1.54) is 12.8 Å². The Bertz CT molecular complexity index is 504. The van der Waals surface area contributed by atoms with E-state index < -0.39 is 0 Å². The predicted octanol–water partition coefficient (Wildman–Crippen LogP) is 2.24. The van der Waals surface area contributed by atoms with Crippen molar-refractivity contribution >= 4 is 6.09 Å². The van der Waals surface area contributed by atoms with Crippen molar-refractivity contribution in [1.82, 2.24) is 9.80 Å². The van der Waals surface area contributed by atoms with E-state index in [0.29, 0.717) is 31.8 Å². The normalized spacial score (nSPS) is 21.5. The number of carbonyl (C=O) groups is 1. The van der Waals surface area contributed by atoms with Crippen LogP contribution in [0, 0.1) is 0 Å². The molecule has 1 saturated carbocycles. The molecule has 1 aromatic carbocycles. The maximum absolute atomic E-state index is 12.3. The molecule has 0 unspecified atom stereocenters. The summed E-state index contributed by atoms with van der Waals surface area (Å²) in [5, 5.41) is 9.28. The van der Waals surface area contributed by atoms with Crippen LogP contribution in [-0.2, 0) is 11.3 Å². The number of benzene rings is 1. The zero-order chi connectivity index (χ0) is 16.1. The highest BCUT2D eigenvalue weighted by Crippen LogP contribution is 2.31. The minimum atomic E-state index is -0.224. The highest BCUT2D eigenvalue weighted by molar-refractivity contribution is 5.67. The summed E-state index contributed by atoms with van der Waals surface area (Å²) in [5.74, 6) is 0. The maximum Gasteiger partial charge on any atom is 0.410 e. The van der Waals surface area contributed by atoms with Gasteiger partial charge in [-0.2, -0.15) is 0 Å². The van der Waals surface area contributed by atoms with E-state index in [1.807, 2.05) is 35.2 Å². The van der Waals surface area contributed by atoms with Crippen molar-refractivity contribution in [3.63, 3.8) is 0 Å². The molecule has 0 aromatic heterocycles. The van der Waals surface area contributed by atoms with Crippen LogP contribution >= 0.6 is 0 Å². The summed E-state index contributed by atoms with van der Waals surface area (Å²) in [6.07, 6.45) is 4.31. The monoisotopic (exact) mass is 318 g/mol. The van der Waals surface area contributed by atoms with Gasteiger partial charge in [-0.25, -0.2) is 4.79 Å². The fourth-order valence-corrected chi connectivity index (χ4v) is 3.39. The number of rotatable bonds is 6. The Morgan fingerprint density at radius 3 is 2.70 bits per heavy atom. The van der Waals surface area contributed by atoms with E-state index in [2.05, 4.69) is 4.90 Å². The molecule has 126 valence electrons. The Labute approximate surface area is 137 Å². The predicted molar refractivity (Wildman–Crippen MR) is 88.0 cm³/mol. The summed E-state index contributed by atoms with van der Waals surface area (Å²) < 4.78 is 5.45. The summed E-state index contributed by atoms with van der Waals surface area (Å²) in [6.45, 7) is 2.70. The van der Waals surface area contributed by atoms with Crippen molar-refractivity contribution < 1.29 is 14.6 Å². The number of piperidine rings is 1. The second-order valence-electron chi connectivity index (χ2n) is 6.47. The van der Waals surface area contributed by atoms with Crippen molar-refractivity contribution in [2.45, 2.75) is 44.4 Å². The molecule has 2 fully saturated rings. The van der Waals surface area contributed by atoms with Crippen LogP contribution in [0.2, 0.25) is 0 Å². The lowest BCUT2D eigenvalue weighted by Crippen LogP contribution is -2.51. The number of ether oxygens (including phenoxy) is 1. The number of amides is 1. The second kappa shape index (κ2) is 7.79. The van der Waals surface area contributed by atoms with Crippen LogP contribution in [0.15, 0.2) is 30.3 Å². The largest absolute Gasteiger partial charge is 0.445 e. The average Bonchev–Trinajstić information content (AvgIpc) is 3.43. The molecule has 2 aliphatic rings. The topological polar surface area (TPSA) is 53.0 Å². The number of aliphatic hydroxyl groups excluding tert-OH is 1. The first kappa shape index (κ1) is 16.3. The van der Waals surface area contributed by atoms with E-state index in [1.54, 1.807) is 0 Å². The molecule has 5 nitrogen and oxygen atoms in total. The van der Waals surface area contributed by atoms with Crippen LogP contribution in [0.25, 0.3) is 0 Å². The van der Waals surface area contributed by atoms with Gasteiger partial charge < -0.3 is 14.7 Å². The lowest BCUT2D eigenvalue weighted by molar-refractivity contribution is 0.0523. The standard InChI is InChI=1S/C18H26N2O3/c21-12-11-20(16-8-9-16)17-7-4-10-19(13-17)18(22)23-14-15-5-2-1-3-6-15/h1-3,5-6,16-17,21H,4,7-14H2/t17-/m1/s1. The van der Waals surface area contributed by atoms with E-state index >= 15 is 0 Å². The Hall–Kier alpha value is -1.59. The van der Waals surface area contributed by atoms with Gasteiger partial charge in [0.2, 0.25) is 0 Å². The van der Waals surface area contributed by atoms with Crippen molar-refractivity contribution in [1.29, 1.82) is 0 Å². The molecule has 1 N–H and O–H groups in total. The molecular formula is C18H26N2O3. The van der Waals surface area contributed by atoms with E-state index in [9.17, 15) is 9.90 Å². The van der Waals surface area contributed by atoms with Gasteiger partial charge in [-0.05, 0) is 31.2 Å². The van der Waals surface area contributed by atoms with Crippen LogP contribution in [0.4, 0.5) is 4.79 Å². The quantitative estimate of drug-likeness (QED) is 0.874. The van der Waals surface area contributed by atoms with Gasteiger partial charge in [-0.15, -0.1) is 0 Å². The van der Waals surface area contributed by atoms with Gasteiger partial charge in [-0.3, -0.25) is 4.90 Å². The minimum Gasteiger partial charge on any atom is -0.445 e. The summed E-state index contributed by atoms with van der Waals surface area (Å²) in [6, 6.07) is 10.7. The summed E-state index contributed by atoms with van der Waals surface area (Å²) in [7, 11) is 0. The van der Waals surface area contributed by atoms with Gasteiger partial charge in [0, 0.05) is 31.7 Å². The lowest BCUT2D eigenvalue weighted by atomic mass is 10.0. The fraction of sp³-hybridized carbons (Fsp3) is 0.611. The van der Waals surface area contributed by atoms with Gasteiger partial charge in [0.25, 0.3) is 0 Å². The summed E-state index contributed by atoms with van der Waals surface area (Å²) in [5.41, 5.74) is 1.01. The van der Waals surface area contributed by atoms with Crippen molar-refractivity contribution in [3.8, 4) is 0 Å². The molecule has 23 heavy (non-hydrogen) atoms. The summed E-state index contributed by atoms with van der Waals surface area (Å²) in [4.78, 5) is 16.5. The van der Waals surface area contributed by atoms with Crippen LogP contribution in [-0.4, -0.2) is 59.3 Å². The van der Waals surface area contributed by atoms with Crippen LogP contribution in [0.5, 0.6) is 0 Å². The molecule has 1 saturated heterocycles. The number of hydrogen-bond donors (Lipinski definition) is 1. The number of likely N-dealkylation sites (tertiary alicyclic amines) is 1. The van der Waals surface area contributed by atoms with Crippen LogP contribution < -0.4 is 0 Å². The SMILES string of the molecule is O=C(OCc1ccccc1)N1CCC[C@@H](N(CCO)C2CC2)C1. The highest BCUT2D eigenvalue weighted by atomic mass is 16.6. The average molecular weight is 318 g/mol. The van der Waals surface area contributed by atoms with E-state index in [-0.39, 0.29) is 12.7 Å². The Kier molecular flexibility index (Phi) is 5.51. The molecule has 0 radical (unpaired) electrons. The van der Waals surface area contributed by atoms with E-state index in [4.69, 9.17) is 4.74 Å². The van der Waals surface area contributed by atoms with Gasteiger partial charge in [0.05, 0.1) is 6.61 Å². The molecule has 1 aliphatic carbocycles. The van der Waals surface area contributed by atoms with Crippen LogP contribution in [0.3, 0.4) is 0 Å². The number of carbonyl (C=O) groups excluding carboxylic acids is 1. The maximum atomic E-state index is 12.3. The first-order chi connectivity index (χ1) is 11.3. The van der Waals surface area contributed by atoms with Crippen molar-refractivity contribution in [3.05, 3.63) is 35.9 Å². The molecule has 1 aliphatic heterocycles. The molecule has 1 amide bonds. The van der Waals surface area contributed by atoms with Crippen molar-refractivity contribution in [2.75, 3.05) is 26.2 Å². The van der Waals surface area contributed by atoms with Gasteiger partial charge >= 0.3 is 6.09 Å². The second-order valence-corrected chi connectivity index (χ2v) is 6.47. The van der Waals surface area contributed by atoms with Crippen molar-refractivity contribution in [2.24, 2.45) is 0 Å². The van der Waals surface area contributed by atoms with Gasteiger partial charge in [-0.1, -0.05) is 30.3 Å². The summed E-state index contributed by atoms with van der Waals surface area (Å²) >= 11 is 0. The molecule has 5 heteroatoms. The smallest absolute Gasteiger partial charge is 0.410 e. The molecule has 1 atom stereocenters. The first-order valence-corrected chi connectivity index (χ1v) is 8.60. The number of hydrogen-bond acceptors (Lipinski definition) is 4. The van der Waals surface area contributed by atoms with Gasteiger partial charge in [0.1, 0.15) is 6.61 Å². The molecule has 3 rings (SSSR count). The molecule has 1 heterocycles. The Morgan fingerprint density at radius 1 is 1.22 bits per heavy atom. The minimum absolute atomic E-state index is 0.186. The third-order valence-electron chi connectivity index (χ3n) is 4.70. The Balaban J connectivity index is 1.52. The highest BCUT2D eigenvalue weighted by Gasteiger charge is 2.36. The zero-order valence-electron chi connectivity index (χ0n) is 13.6. The lowest BCUT2D eigenvalue weighted by Gasteiger charge is -2.38. The number of nitrogens with zero attached hydrogens (tertiary/aromatic N) is 2. The molecule has 0 spiro atoms. The number of aliphatic hydroxyl groups is 1.